The van der Waals surface area contributed by atoms with Gasteiger partial charge in [0.15, 0.2) is 11.6 Å². The lowest BCUT2D eigenvalue weighted by molar-refractivity contribution is -0.107. The molecule has 0 amide bonds. The summed E-state index contributed by atoms with van der Waals surface area (Å²) in [6.07, 6.45) is 0.246. The number of alkyl halides is 1. The molecule has 0 saturated heterocycles. The van der Waals surface area contributed by atoms with E-state index in [9.17, 15) is 18.0 Å². The van der Waals surface area contributed by atoms with Gasteiger partial charge in [-0.2, -0.15) is 0 Å². The molecule has 5 heteroatoms. The van der Waals surface area contributed by atoms with Crippen molar-refractivity contribution in [2.24, 2.45) is 0 Å². The molecule has 0 aromatic heterocycles. The van der Waals surface area contributed by atoms with Crippen LogP contribution in [0.5, 0.6) is 0 Å². The Morgan fingerprint density at radius 2 is 1.79 bits per heavy atom. The van der Waals surface area contributed by atoms with E-state index in [2.05, 4.69) is 0 Å². The molecule has 14 heavy (non-hydrogen) atoms. The first-order valence-corrected chi connectivity index (χ1v) is 4.21. The Labute approximate surface area is 83.5 Å². The van der Waals surface area contributed by atoms with E-state index in [0.717, 1.165) is 0 Å². The highest BCUT2D eigenvalue weighted by molar-refractivity contribution is 6.27. The van der Waals surface area contributed by atoms with Gasteiger partial charge in [0.1, 0.15) is 12.1 Å². The molecule has 76 valence electrons. The number of carbonyl (C=O) groups is 1. The van der Waals surface area contributed by atoms with Crippen LogP contribution >= 0.6 is 11.6 Å². The van der Waals surface area contributed by atoms with Gasteiger partial charge in [0.25, 0.3) is 0 Å². The van der Waals surface area contributed by atoms with Gasteiger partial charge in [-0.25, -0.2) is 13.2 Å². The standard InChI is InChI=1S/C9H6ClF3O/c10-6(4-14)1-5-2-8(12)9(13)3-7(5)11/h2-4,6H,1H2. The van der Waals surface area contributed by atoms with Crippen molar-refractivity contribution in [2.45, 2.75) is 11.8 Å². The summed E-state index contributed by atoms with van der Waals surface area (Å²) in [6.45, 7) is 0. The minimum atomic E-state index is -1.26. The van der Waals surface area contributed by atoms with E-state index >= 15 is 0 Å². The lowest BCUT2D eigenvalue weighted by Crippen LogP contribution is -2.07. The van der Waals surface area contributed by atoms with Crippen LogP contribution in [0.2, 0.25) is 0 Å². The Hall–Kier alpha value is -1.03. The van der Waals surface area contributed by atoms with Crippen LogP contribution < -0.4 is 0 Å². The van der Waals surface area contributed by atoms with Gasteiger partial charge in [-0.1, -0.05) is 0 Å². The molecular weight excluding hydrogens is 217 g/mol. The van der Waals surface area contributed by atoms with E-state index in [4.69, 9.17) is 11.6 Å². The monoisotopic (exact) mass is 222 g/mol. The molecular formula is C9H6ClF3O. The largest absolute Gasteiger partial charge is 0.302 e. The van der Waals surface area contributed by atoms with Crippen molar-refractivity contribution in [1.29, 1.82) is 0 Å². The summed E-state index contributed by atoms with van der Waals surface area (Å²) in [5.74, 6) is -3.32. The summed E-state index contributed by atoms with van der Waals surface area (Å²) >= 11 is 5.41. The maximum Gasteiger partial charge on any atom is 0.161 e. The van der Waals surface area contributed by atoms with Crippen LogP contribution in [-0.4, -0.2) is 11.7 Å². The van der Waals surface area contributed by atoms with Gasteiger partial charge in [0.05, 0.1) is 5.38 Å². The van der Waals surface area contributed by atoms with Crippen LogP contribution in [0.15, 0.2) is 12.1 Å². The fourth-order valence-corrected chi connectivity index (χ4v) is 1.14. The molecule has 0 radical (unpaired) electrons. The molecule has 1 unspecified atom stereocenters. The lowest BCUT2D eigenvalue weighted by atomic mass is 10.1. The summed E-state index contributed by atoms with van der Waals surface area (Å²) in [5.41, 5.74) is -0.115. The quantitative estimate of drug-likeness (QED) is 0.436. The topological polar surface area (TPSA) is 17.1 Å². The van der Waals surface area contributed by atoms with Crippen molar-refractivity contribution in [1.82, 2.24) is 0 Å². The van der Waals surface area contributed by atoms with Gasteiger partial charge in [-0.15, -0.1) is 11.6 Å². The predicted octanol–water partition coefficient (Wildman–Crippen LogP) is 2.45. The predicted molar refractivity (Wildman–Crippen MR) is 45.7 cm³/mol. The van der Waals surface area contributed by atoms with Crippen molar-refractivity contribution in [3.8, 4) is 0 Å². The minimum Gasteiger partial charge on any atom is -0.302 e. The van der Waals surface area contributed by atoms with Gasteiger partial charge in [-0.05, 0) is 18.1 Å². The fraction of sp³-hybridized carbons (Fsp3) is 0.222. The Morgan fingerprint density at radius 3 is 2.36 bits per heavy atom. The zero-order valence-corrected chi connectivity index (χ0v) is 7.69. The van der Waals surface area contributed by atoms with Crippen LogP contribution in [-0.2, 0) is 11.2 Å². The average Bonchev–Trinajstić information content (AvgIpc) is 2.14. The van der Waals surface area contributed by atoms with E-state index in [-0.39, 0.29) is 12.0 Å². The maximum atomic E-state index is 12.9. The molecule has 0 N–H and O–H groups in total. The Morgan fingerprint density at radius 1 is 1.21 bits per heavy atom. The molecule has 1 atom stereocenters. The SMILES string of the molecule is O=CC(Cl)Cc1cc(F)c(F)cc1F. The van der Waals surface area contributed by atoms with Gasteiger partial charge in [0.2, 0.25) is 0 Å². The van der Waals surface area contributed by atoms with Gasteiger partial charge >= 0.3 is 0 Å². The van der Waals surface area contributed by atoms with Crippen LogP contribution in [0.25, 0.3) is 0 Å². The number of aldehydes is 1. The first kappa shape index (κ1) is 11.0. The number of halogens is 4. The van der Waals surface area contributed by atoms with Gasteiger partial charge < -0.3 is 4.79 Å². The normalized spacial score (nSPS) is 12.6. The molecule has 0 aliphatic rings. The number of benzene rings is 1. The van der Waals surface area contributed by atoms with Crippen molar-refractivity contribution in [3.05, 3.63) is 35.1 Å². The number of carbonyl (C=O) groups excluding carboxylic acids is 1. The van der Waals surface area contributed by atoms with E-state index in [1.807, 2.05) is 0 Å². The van der Waals surface area contributed by atoms with E-state index in [1.165, 1.54) is 0 Å². The average molecular weight is 223 g/mol. The minimum absolute atomic E-state index is 0.115. The van der Waals surface area contributed by atoms with Crippen molar-refractivity contribution in [3.63, 3.8) is 0 Å². The molecule has 0 saturated carbocycles. The molecule has 0 aliphatic heterocycles. The van der Waals surface area contributed by atoms with E-state index in [1.54, 1.807) is 0 Å². The molecule has 0 bridgehead atoms. The molecule has 1 aromatic rings. The van der Waals surface area contributed by atoms with Gasteiger partial charge in [0, 0.05) is 6.07 Å². The molecule has 0 fully saturated rings. The fourth-order valence-electron chi connectivity index (χ4n) is 0.978. The first-order valence-electron chi connectivity index (χ1n) is 3.77. The van der Waals surface area contributed by atoms with Crippen LogP contribution in [0.1, 0.15) is 5.56 Å². The molecule has 1 rings (SSSR count). The summed E-state index contributed by atoms with van der Waals surface area (Å²) < 4.78 is 38.0. The van der Waals surface area contributed by atoms with Gasteiger partial charge in [-0.3, -0.25) is 0 Å². The number of hydrogen-bond acceptors (Lipinski definition) is 1. The summed E-state index contributed by atoms with van der Waals surface area (Å²) in [7, 11) is 0. The summed E-state index contributed by atoms with van der Waals surface area (Å²) in [4.78, 5) is 10.2. The van der Waals surface area contributed by atoms with Crippen molar-refractivity contribution in [2.75, 3.05) is 0 Å². The van der Waals surface area contributed by atoms with Crippen molar-refractivity contribution >= 4 is 17.9 Å². The Bertz CT molecular complexity index is 354. The zero-order valence-electron chi connectivity index (χ0n) is 6.94. The molecule has 0 heterocycles. The zero-order chi connectivity index (χ0) is 10.7. The second kappa shape index (κ2) is 4.46. The second-order valence-corrected chi connectivity index (χ2v) is 3.27. The third kappa shape index (κ3) is 2.48. The summed E-state index contributed by atoms with van der Waals surface area (Å²) in [5, 5.41) is -0.936. The summed E-state index contributed by atoms with van der Waals surface area (Å²) in [6, 6.07) is 1.13. The van der Waals surface area contributed by atoms with E-state index in [0.29, 0.717) is 18.4 Å². The smallest absolute Gasteiger partial charge is 0.161 e. The Balaban J connectivity index is 2.97. The highest BCUT2D eigenvalue weighted by Crippen LogP contribution is 2.16. The van der Waals surface area contributed by atoms with Crippen molar-refractivity contribution < 1.29 is 18.0 Å². The number of rotatable bonds is 3. The van der Waals surface area contributed by atoms with E-state index < -0.39 is 22.8 Å². The highest BCUT2D eigenvalue weighted by atomic mass is 35.5. The molecule has 1 aromatic carbocycles. The Kier molecular flexibility index (Phi) is 3.52. The lowest BCUT2D eigenvalue weighted by Gasteiger charge is -2.04. The highest BCUT2D eigenvalue weighted by Gasteiger charge is 2.12. The van der Waals surface area contributed by atoms with Crippen LogP contribution in [0.3, 0.4) is 0 Å². The third-order valence-corrected chi connectivity index (χ3v) is 1.91. The molecule has 0 spiro atoms. The van der Waals surface area contributed by atoms with Crippen LogP contribution in [0.4, 0.5) is 13.2 Å². The third-order valence-electron chi connectivity index (χ3n) is 1.65. The van der Waals surface area contributed by atoms with Crippen LogP contribution in [0, 0.1) is 17.5 Å². The second-order valence-electron chi connectivity index (χ2n) is 2.71. The molecule has 0 aliphatic carbocycles. The maximum absolute atomic E-state index is 12.9. The molecule has 1 nitrogen and oxygen atoms in total. The first-order chi connectivity index (χ1) is 6.54. The number of hydrogen-bond donors (Lipinski definition) is 0.